The van der Waals surface area contributed by atoms with Crippen molar-refractivity contribution in [1.29, 1.82) is 0 Å². The highest BCUT2D eigenvalue weighted by molar-refractivity contribution is 5.79. The van der Waals surface area contributed by atoms with E-state index in [1.807, 2.05) is 37.3 Å². The molecule has 0 aromatic heterocycles. The van der Waals surface area contributed by atoms with Gasteiger partial charge in [-0.15, -0.1) is 0 Å². The van der Waals surface area contributed by atoms with Crippen LogP contribution in [0.2, 0.25) is 0 Å². The molecule has 0 N–H and O–H groups in total. The van der Waals surface area contributed by atoms with Gasteiger partial charge < -0.3 is 9.47 Å². The largest absolute Gasteiger partial charge is 0.469 e. The number of esters is 1. The molecule has 0 radical (unpaired) electrons. The zero-order chi connectivity index (χ0) is 15.2. The number of ether oxygens (including phenoxy) is 2. The summed E-state index contributed by atoms with van der Waals surface area (Å²) in [5.41, 5.74) is 1.81. The number of rotatable bonds is 4. The molecule has 0 aliphatic carbocycles. The van der Waals surface area contributed by atoms with Gasteiger partial charge in [0.15, 0.2) is 0 Å². The van der Waals surface area contributed by atoms with Crippen LogP contribution in [0.4, 0.5) is 4.79 Å². The van der Waals surface area contributed by atoms with Gasteiger partial charge in [0.1, 0.15) is 6.61 Å². The van der Waals surface area contributed by atoms with Crippen LogP contribution in [-0.4, -0.2) is 30.6 Å². The first-order chi connectivity index (χ1) is 10.2. The highest BCUT2D eigenvalue weighted by Gasteiger charge is 2.33. The van der Waals surface area contributed by atoms with Gasteiger partial charge in [0.05, 0.1) is 13.0 Å². The van der Waals surface area contributed by atoms with Crippen LogP contribution in [0.1, 0.15) is 18.9 Å². The van der Waals surface area contributed by atoms with E-state index in [1.165, 1.54) is 12.0 Å². The lowest BCUT2D eigenvalue weighted by atomic mass is 10.0. The monoisotopic (exact) mass is 289 g/mol. The maximum Gasteiger partial charge on any atom is 0.414 e. The number of benzene rings is 1. The van der Waals surface area contributed by atoms with Crippen molar-refractivity contribution in [1.82, 2.24) is 4.90 Å². The lowest BCUT2D eigenvalue weighted by Crippen LogP contribution is -2.30. The first-order valence-corrected chi connectivity index (χ1v) is 6.91. The van der Waals surface area contributed by atoms with Gasteiger partial charge in [0.25, 0.3) is 0 Å². The summed E-state index contributed by atoms with van der Waals surface area (Å²) in [6, 6.07) is 9.47. The smallest absolute Gasteiger partial charge is 0.414 e. The first kappa shape index (κ1) is 15.1. The fourth-order valence-electron chi connectivity index (χ4n) is 2.29. The Kier molecular flexibility index (Phi) is 4.98. The van der Waals surface area contributed by atoms with Crippen LogP contribution < -0.4 is 0 Å². The van der Waals surface area contributed by atoms with E-state index in [0.29, 0.717) is 6.42 Å². The molecule has 1 atom stereocenters. The minimum Gasteiger partial charge on any atom is -0.469 e. The summed E-state index contributed by atoms with van der Waals surface area (Å²) in [4.78, 5) is 25.2. The molecule has 0 saturated carbocycles. The molecule has 5 nitrogen and oxygen atoms in total. The van der Waals surface area contributed by atoms with E-state index in [9.17, 15) is 9.59 Å². The van der Waals surface area contributed by atoms with Gasteiger partial charge in [-0.1, -0.05) is 37.3 Å². The summed E-state index contributed by atoms with van der Waals surface area (Å²) in [6.45, 7) is 2.44. The normalized spacial score (nSPS) is 17.3. The summed E-state index contributed by atoms with van der Waals surface area (Å²) in [7, 11) is 1.35. The molecule has 1 unspecified atom stereocenters. The van der Waals surface area contributed by atoms with Crippen molar-refractivity contribution in [2.45, 2.75) is 20.0 Å². The molecule has 1 amide bonds. The van der Waals surface area contributed by atoms with Gasteiger partial charge in [0, 0.05) is 12.7 Å². The molecule has 1 aliphatic rings. The molecule has 21 heavy (non-hydrogen) atoms. The molecule has 0 fully saturated rings. The number of hydrogen-bond donors (Lipinski definition) is 0. The summed E-state index contributed by atoms with van der Waals surface area (Å²) >= 11 is 0. The quantitative estimate of drug-likeness (QED) is 0.800. The van der Waals surface area contributed by atoms with Crippen LogP contribution in [-0.2, 0) is 20.9 Å². The van der Waals surface area contributed by atoms with E-state index >= 15 is 0 Å². The summed E-state index contributed by atoms with van der Waals surface area (Å²) in [6.07, 6.45) is 1.94. The minimum absolute atomic E-state index is 0.217. The van der Waals surface area contributed by atoms with Crippen molar-refractivity contribution in [3.8, 4) is 0 Å². The first-order valence-electron chi connectivity index (χ1n) is 6.91. The Morgan fingerprint density at radius 2 is 2.00 bits per heavy atom. The fraction of sp³-hybridized carbons (Fsp3) is 0.375. The van der Waals surface area contributed by atoms with Crippen molar-refractivity contribution in [2.75, 3.05) is 13.7 Å². The number of carbonyl (C=O) groups excluding carboxylic acids is 2. The third-order valence-corrected chi connectivity index (χ3v) is 3.48. The Morgan fingerprint density at radius 1 is 1.29 bits per heavy atom. The summed E-state index contributed by atoms with van der Waals surface area (Å²) in [5.74, 6) is -0.703. The average molecular weight is 289 g/mol. The molecule has 0 bridgehead atoms. The summed E-state index contributed by atoms with van der Waals surface area (Å²) in [5, 5.41) is 0. The molecular weight excluding hydrogens is 270 g/mol. The molecule has 1 aliphatic heterocycles. The minimum atomic E-state index is -0.448. The van der Waals surface area contributed by atoms with Gasteiger partial charge in [-0.2, -0.15) is 0 Å². The Hall–Kier alpha value is -2.30. The van der Waals surface area contributed by atoms with Gasteiger partial charge in [-0.05, 0) is 17.6 Å². The number of amides is 1. The van der Waals surface area contributed by atoms with Crippen molar-refractivity contribution >= 4 is 12.1 Å². The lowest BCUT2D eigenvalue weighted by Gasteiger charge is -2.15. The van der Waals surface area contributed by atoms with Crippen LogP contribution in [0.5, 0.6) is 0 Å². The zero-order valence-corrected chi connectivity index (χ0v) is 12.2. The number of hydrogen-bond acceptors (Lipinski definition) is 4. The van der Waals surface area contributed by atoms with E-state index in [4.69, 9.17) is 9.47 Å². The van der Waals surface area contributed by atoms with Gasteiger partial charge in [-0.25, -0.2) is 4.79 Å². The lowest BCUT2D eigenvalue weighted by molar-refractivity contribution is -0.144. The second kappa shape index (κ2) is 6.92. The number of carbonyl (C=O) groups is 2. The van der Waals surface area contributed by atoms with Crippen LogP contribution in [0.15, 0.2) is 42.1 Å². The third kappa shape index (κ3) is 3.62. The Morgan fingerprint density at radius 3 is 2.62 bits per heavy atom. The second-order valence-electron chi connectivity index (χ2n) is 4.83. The van der Waals surface area contributed by atoms with Crippen LogP contribution in [0.25, 0.3) is 0 Å². The van der Waals surface area contributed by atoms with E-state index < -0.39 is 6.09 Å². The standard InChI is InChI=1S/C16H19NO4/c1-3-13-9-17(10-14(13)15(18)20-2)16(19)21-11-12-7-5-4-6-8-12/h4-9,14H,3,10-11H2,1-2H3. The zero-order valence-electron chi connectivity index (χ0n) is 12.2. The number of nitrogens with zero attached hydrogens (tertiary/aromatic N) is 1. The van der Waals surface area contributed by atoms with Gasteiger partial charge in [-0.3, -0.25) is 9.69 Å². The van der Waals surface area contributed by atoms with Crippen molar-refractivity contribution < 1.29 is 19.1 Å². The highest BCUT2D eigenvalue weighted by atomic mass is 16.6. The van der Waals surface area contributed by atoms with E-state index in [-0.39, 0.29) is 25.0 Å². The Bertz CT molecular complexity index is 538. The molecular formula is C16H19NO4. The predicted molar refractivity (Wildman–Crippen MR) is 77.2 cm³/mol. The van der Waals surface area contributed by atoms with Crippen molar-refractivity contribution in [3.63, 3.8) is 0 Å². The van der Waals surface area contributed by atoms with Crippen LogP contribution in [0, 0.1) is 5.92 Å². The van der Waals surface area contributed by atoms with Gasteiger partial charge in [0.2, 0.25) is 0 Å². The molecule has 112 valence electrons. The maximum atomic E-state index is 12.0. The average Bonchev–Trinajstić information content (AvgIpc) is 2.97. The molecule has 1 aromatic carbocycles. The fourth-order valence-corrected chi connectivity index (χ4v) is 2.29. The van der Waals surface area contributed by atoms with Gasteiger partial charge >= 0.3 is 12.1 Å². The maximum absolute atomic E-state index is 12.0. The van der Waals surface area contributed by atoms with Crippen molar-refractivity contribution in [2.24, 2.45) is 5.92 Å². The van der Waals surface area contributed by atoms with E-state index in [0.717, 1.165) is 11.1 Å². The highest BCUT2D eigenvalue weighted by Crippen LogP contribution is 2.26. The SMILES string of the molecule is CCC1=CN(C(=O)OCc2ccccc2)CC1C(=O)OC. The molecule has 2 rings (SSSR count). The topological polar surface area (TPSA) is 55.8 Å². The van der Waals surface area contributed by atoms with Crippen LogP contribution in [0.3, 0.4) is 0 Å². The second-order valence-corrected chi connectivity index (χ2v) is 4.83. The summed E-state index contributed by atoms with van der Waals surface area (Å²) < 4.78 is 10.0. The Balaban J connectivity index is 1.94. The third-order valence-electron chi connectivity index (χ3n) is 3.48. The molecule has 5 heteroatoms. The molecule has 1 heterocycles. The molecule has 0 saturated heterocycles. The predicted octanol–water partition coefficient (Wildman–Crippen LogP) is 2.72. The van der Waals surface area contributed by atoms with Crippen LogP contribution >= 0.6 is 0 Å². The Labute approximate surface area is 124 Å². The molecule has 1 aromatic rings. The van der Waals surface area contributed by atoms with Crippen molar-refractivity contribution in [3.05, 3.63) is 47.7 Å². The molecule has 0 spiro atoms. The number of methoxy groups -OCH3 is 1. The van der Waals surface area contributed by atoms with E-state index in [1.54, 1.807) is 6.20 Å². The van der Waals surface area contributed by atoms with E-state index in [2.05, 4.69) is 0 Å².